The number of nitrogens with zero attached hydrogens (tertiary/aromatic N) is 1. The Labute approximate surface area is 180 Å². The number of ether oxygens (including phenoxy) is 1. The maximum absolute atomic E-state index is 12.7. The summed E-state index contributed by atoms with van der Waals surface area (Å²) >= 11 is 0.656. The van der Waals surface area contributed by atoms with Crippen molar-refractivity contribution in [3.8, 4) is 5.75 Å². The van der Waals surface area contributed by atoms with Gasteiger partial charge in [-0.1, -0.05) is 26.0 Å². The van der Waals surface area contributed by atoms with Crippen LogP contribution < -0.4 is 4.74 Å². The predicted octanol–water partition coefficient (Wildman–Crippen LogP) is 5.02. The molecule has 0 unspecified atom stereocenters. The van der Waals surface area contributed by atoms with Crippen LogP contribution in [0.25, 0.3) is 0 Å². The summed E-state index contributed by atoms with van der Waals surface area (Å²) in [5.74, 6) is -0.682. The van der Waals surface area contributed by atoms with Gasteiger partial charge in [0.15, 0.2) is 0 Å². The third kappa shape index (κ3) is 5.76. The van der Waals surface area contributed by atoms with Crippen LogP contribution in [0.1, 0.15) is 30.9 Å². The van der Waals surface area contributed by atoms with Gasteiger partial charge in [-0.3, -0.25) is 14.9 Å². The van der Waals surface area contributed by atoms with E-state index in [-0.39, 0.29) is 16.6 Å². The van der Waals surface area contributed by atoms with E-state index in [4.69, 9.17) is 4.74 Å². The Morgan fingerprint density at radius 2 is 1.84 bits per heavy atom. The lowest BCUT2D eigenvalue weighted by molar-refractivity contribution is -0.388. The summed E-state index contributed by atoms with van der Waals surface area (Å²) in [6.45, 7) is 5.64. The van der Waals surface area contributed by atoms with Crippen LogP contribution in [0.3, 0.4) is 0 Å². The molecular weight excluding hydrogens is 459 g/mol. The summed E-state index contributed by atoms with van der Waals surface area (Å²) in [7, 11) is -5.74. The Bertz CT molecular complexity index is 1110. The number of benzene rings is 2. The average Bonchev–Trinajstić information content (AvgIpc) is 2.65. The molecule has 0 amide bonds. The van der Waals surface area contributed by atoms with E-state index < -0.39 is 36.8 Å². The molecule has 0 aliphatic heterocycles. The molecule has 31 heavy (non-hydrogen) atoms. The number of carbonyl (C=O) groups is 1. The molecule has 0 heterocycles. The molecule has 0 saturated carbocycles. The fourth-order valence-corrected chi connectivity index (χ4v) is 4.12. The van der Waals surface area contributed by atoms with Crippen molar-refractivity contribution in [1.29, 1.82) is 0 Å². The number of alkyl halides is 3. The number of hydrogen-bond donors (Lipinski definition) is 0. The van der Waals surface area contributed by atoms with Crippen molar-refractivity contribution in [2.24, 2.45) is 0 Å². The van der Waals surface area contributed by atoms with Crippen LogP contribution in [0.2, 0.25) is 0 Å². The minimum absolute atomic E-state index is 0.0697. The van der Waals surface area contributed by atoms with Crippen molar-refractivity contribution in [1.82, 2.24) is 0 Å². The monoisotopic (exact) mass is 477 g/mol. The number of halogens is 3. The molecule has 0 N–H and O–H groups in total. The number of sulfone groups is 1. The first kappa shape index (κ1) is 24.7. The van der Waals surface area contributed by atoms with E-state index in [0.717, 1.165) is 17.2 Å². The summed E-state index contributed by atoms with van der Waals surface area (Å²) in [6.07, 6.45) is 0. The highest BCUT2D eigenvalue weighted by Gasteiger charge is 2.47. The SMILES string of the molecule is Cc1ccc(C(C)C)c(OC(=O)CSc2ccc(S(=O)(=O)C(F)(F)F)cc2[N+](=O)[O-])c1. The minimum Gasteiger partial charge on any atom is -0.426 e. The zero-order valence-electron chi connectivity index (χ0n) is 16.6. The van der Waals surface area contributed by atoms with Crippen LogP contribution >= 0.6 is 11.8 Å². The van der Waals surface area contributed by atoms with Crippen LogP contribution in [0.5, 0.6) is 5.75 Å². The lowest BCUT2D eigenvalue weighted by Gasteiger charge is -2.13. The quantitative estimate of drug-likeness (QED) is 0.181. The van der Waals surface area contributed by atoms with E-state index in [1.807, 2.05) is 32.9 Å². The van der Waals surface area contributed by atoms with Crippen LogP contribution in [0, 0.1) is 17.0 Å². The molecule has 7 nitrogen and oxygen atoms in total. The summed E-state index contributed by atoms with van der Waals surface area (Å²) < 4.78 is 66.5. The molecule has 0 aromatic heterocycles. The lowest BCUT2D eigenvalue weighted by Crippen LogP contribution is -2.23. The molecule has 0 saturated heterocycles. The van der Waals surface area contributed by atoms with Crippen LogP contribution in [0.15, 0.2) is 46.2 Å². The second kappa shape index (κ2) is 9.27. The zero-order chi connectivity index (χ0) is 23.6. The zero-order valence-corrected chi connectivity index (χ0v) is 18.2. The largest absolute Gasteiger partial charge is 0.501 e. The Balaban J connectivity index is 2.23. The van der Waals surface area contributed by atoms with E-state index in [1.165, 1.54) is 0 Å². The summed E-state index contributed by atoms with van der Waals surface area (Å²) in [6, 6.07) is 7.16. The van der Waals surface area contributed by atoms with Gasteiger partial charge in [0.1, 0.15) is 5.75 Å². The van der Waals surface area contributed by atoms with E-state index in [9.17, 15) is 36.5 Å². The van der Waals surface area contributed by atoms with Crippen molar-refractivity contribution >= 4 is 33.3 Å². The molecule has 2 rings (SSSR count). The van der Waals surface area contributed by atoms with Crippen LogP contribution in [-0.2, 0) is 14.6 Å². The normalized spacial score (nSPS) is 12.1. The van der Waals surface area contributed by atoms with E-state index in [2.05, 4.69) is 0 Å². The molecule has 0 bridgehead atoms. The minimum atomic E-state index is -5.74. The summed E-state index contributed by atoms with van der Waals surface area (Å²) in [4.78, 5) is 21.1. The van der Waals surface area contributed by atoms with Gasteiger partial charge >= 0.3 is 11.5 Å². The maximum atomic E-state index is 12.7. The van der Waals surface area contributed by atoms with E-state index >= 15 is 0 Å². The second-order valence-electron chi connectivity index (χ2n) is 6.79. The standard InChI is InChI=1S/C19H18F3NO6S2/c1-11(2)14-6-4-12(3)8-16(14)29-18(24)10-30-17-7-5-13(9-15(17)23(25)26)31(27,28)19(20,21)22/h4-9,11H,10H2,1-3H3. The molecule has 168 valence electrons. The first-order valence-corrected chi connectivity index (χ1v) is 11.2. The van der Waals surface area contributed by atoms with Crippen molar-refractivity contribution in [2.75, 3.05) is 5.75 Å². The van der Waals surface area contributed by atoms with Gasteiger partial charge in [-0.2, -0.15) is 13.2 Å². The highest BCUT2D eigenvalue weighted by Crippen LogP contribution is 2.36. The lowest BCUT2D eigenvalue weighted by atomic mass is 10.0. The Kier molecular flexibility index (Phi) is 7.37. The molecule has 0 aliphatic carbocycles. The first-order chi connectivity index (χ1) is 14.2. The smallest absolute Gasteiger partial charge is 0.426 e. The topological polar surface area (TPSA) is 104 Å². The van der Waals surface area contributed by atoms with Gasteiger partial charge in [-0.05, 0) is 42.2 Å². The van der Waals surface area contributed by atoms with Crippen molar-refractivity contribution < 1.29 is 36.0 Å². The second-order valence-corrected chi connectivity index (χ2v) is 9.75. The molecule has 0 aliphatic rings. The fourth-order valence-electron chi connectivity index (χ4n) is 2.56. The maximum Gasteiger partial charge on any atom is 0.501 e. The van der Waals surface area contributed by atoms with Gasteiger partial charge in [-0.15, -0.1) is 11.8 Å². The molecule has 0 atom stereocenters. The first-order valence-electron chi connectivity index (χ1n) is 8.78. The summed E-state index contributed by atoms with van der Waals surface area (Å²) in [5.41, 5.74) is -4.81. The van der Waals surface area contributed by atoms with Crippen molar-refractivity contribution in [2.45, 2.75) is 42.0 Å². The Hall–Kier alpha value is -2.60. The van der Waals surface area contributed by atoms with Crippen LogP contribution in [0.4, 0.5) is 18.9 Å². The number of carbonyl (C=O) groups excluding carboxylic acids is 1. The number of nitro benzene ring substituents is 1. The molecule has 0 spiro atoms. The molecule has 2 aromatic carbocycles. The highest BCUT2D eigenvalue weighted by molar-refractivity contribution is 8.00. The van der Waals surface area contributed by atoms with Gasteiger partial charge in [0.25, 0.3) is 15.5 Å². The number of thioether (sulfide) groups is 1. The molecule has 12 heteroatoms. The third-order valence-corrected chi connectivity index (χ3v) is 6.62. The Morgan fingerprint density at radius 3 is 2.39 bits per heavy atom. The summed E-state index contributed by atoms with van der Waals surface area (Å²) in [5, 5.41) is 11.2. The van der Waals surface area contributed by atoms with E-state index in [1.54, 1.807) is 6.07 Å². The third-order valence-electron chi connectivity index (χ3n) is 4.10. The number of esters is 1. The number of aryl methyl sites for hydroxylation is 1. The number of nitro groups is 1. The van der Waals surface area contributed by atoms with Gasteiger partial charge in [0.05, 0.1) is 20.5 Å². The Morgan fingerprint density at radius 1 is 1.19 bits per heavy atom. The average molecular weight is 477 g/mol. The fraction of sp³-hybridized carbons (Fsp3) is 0.316. The molecule has 0 radical (unpaired) electrons. The van der Waals surface area contributed by atoms with Gasteiger partial charge < -0.3 is 4.74 Å². The predicted molar refractivity (Wildman–Crippen MR) is 108 cm³/mol. The molecule has 0 fully saturated rings. The van der Waals surface area contributed by atoms with E-state index in [0.29, 0.717) is 29.6 Å². The molecular formula is C19H18F3NO6S2. The van der Waals surface area contributed by atoms with Crippen molar-refractivity contribution in [3.63, 3.8) is 0 Å². The van der Waals surface area contributed by atoms with Gasteiger partial charge in [-0.25, -0.2) is 8.42 Å². The van der Waals surface area contributed by atoms with Gasteiger partial charge in [0.2, 0.25) is 0 Å². The van der Waals surface area contributed by atoms with Crippen molar-refractivity contribution in [3.05, 3.63) is 57.6 Å². The van der Waals surface area contributed by atoms with Gasteiger partial charge in [0, 0.05) is 6.07 Å². The molecule has 2 aromatic rings. The number of rotatable bonds is 7. The van der Waals surface area contributed by atoms with Crippen LogP contribution in [-0.4, -0.2) is 30.6 Å². The number of hydrogen-bond acceptors (Lipinski definition) is 7. The highest BCUT2D eigenvalue weighted by atomic mass is 32.2.